The number of nitrogens with zero attached hydrogens (tertiary/aromatic N) is 1. The molecule has 0 spiro atoms. The fourth-order valence-corrected chi connectivity index (χ4v) is 2.36. The van der Waals surface area contributed by atoms with Gasteiger partial charge in [-0.15, -0.1) is 0 Å². The molecular weight excluding hydrogens is 274 g/mol. The first-order valence-electron chi connectivity index (χ1n) is 7.34. The molecule has 0 amide bonds. The number of oxazole rings is 1. The highest BCUT2D eigenvalue weighted by Gasteiger charge is 2.13. The molecule has 0 aliphatic heterocycles. The van der Waals surface area contributed by atoms with Crippen molar-refractivity contribution in [3.05, 3.63) is 77.7 Å². The Morgan fingerprint density at radius 2 is 1.64 bits per heavy atom. The zero-order chi connectivity index (χ0) is 15.4. The summed E-state index contributed by atoms with van der Waals surface area (Å²) in [6.07, 6.45) is 1.03. The molecule has 0 N–H and O–H groups in total. The Bertz CT molecular complexity index is 761. The summed E-state index contributed by atoms with van der Waals surface area (Å²) in [5.41, 5.74) is 2.54. The molecule has 0 radical (unpaired) electrons. The van der Waals surface area contributed by atoms with E-state index in [0.717, 1.165) is 22.6 Å². The van der Waals surface area contributed by atoms with Gasteiger partial charge < -0.3 is 4.42 Å². The van der Waals surface area contributed by atoms with Crippen LogP contribution >= 0.6 is 0 Å². The first-order chi connectivity index (χ1) is 10.7. The molecule has 3 nitrogen and oxygen atoms in total. The molecule has 2 aromatic carbocycles. The Morgan fingerprint density at radius 1 is 1.00 bits per heavy atom. The van der Waals surface area contributed by atoms with Gasteiger partial charge in [0.1, 0.15) is 5.76 Å². The van der Waals surface area contributed by atoms with Crippen molar-refractivity contribution in [2.24, 2.45) is 0 Å². The molecule has 3 aromatic rings. The Hall–Kier alpha value is -2.68. The summed E-state index contributed by atoms with van der Waals surface area (Å²) >= 11 is 0. The highest BCUT2D eigenvalue weighted by Crippen LogP contribution is 2.22. The number of benzene rings is 2. The quantitative estimate of drug-likeness (QED) is 0.651. The minimum Gasteiger partial charge on any atom is -0.441 e. The van der Waals surface area contributed by atoms with E-state index in [-0.39, 0.29) is 5.78 Å². The molecule has 1 heterocycles. The van der Waals surface area contributed by atoms with Gasteiger partial charge in [-0.3, -0.25) is 4.79 Å². The van der Waals surface area contributed by atoms with Crippen LogP contribution in [0.3, 0.4) is 0 Å². The number of rotatable bonds is 5. The van der Waals surface area contributed by atoms with Gasteiger partial charge in [0, 0.05) is 24.0 Å². The van der Waals surface area contributed by atoms with Gasteiger partial charge in [0.15, 0.2) is 5.78 Å². The van der Waals surface area contributed by atoms with Gasteiger partial charge in [-0.1, -0.05) is 48.5 Å². The van der Waals surface area contributed by atoms with E-state index in [1.54, 1.807) is 0 Å². The molecule has 0 unspecified atom stereocenters. The first-order valence-corrected chi connectivity index (χ1v) is 7.34. The topological polar surface area (TPSA) is 43.1 Å². The Morgan fingerprint density at radius 3 is 2.32 bits per heavy atom. The third-order valence-corrected chi connectivity index (χ3v) is 3.60. The third-order valence-electron chi connectivity index (χ3n) is 3.60. The maximum Gasteiger partial charge on any atom is 0.226 e. The summed E-state index contributed by atoms with van der Waals surface area (Å²) in [6, 6.07) is 19.1. The molecule has 0 bridgehead atoms. The molecule has 0 saturated carbocycles. The van der Waals surface area contributed by atoms with Crippen LogP contribution in [-0.4, -0.2) is 10.8 Å². The minimum atomic E-state index is 0.129. The number of hydrogen-bond acceptors (Lipinski definition) is 3. The van der Waals surface area contributed by atoms with E-state index in [0.29, 0.717) is 18.7 Å². The molecule has 22 heavy (non-hydrogen) atoms. The number of hydrogen-bond donors (Lipinski definition) is 0. The molecule has 3 rings (SSSR count). The second kappa shape index (κ2) is 6.39. The van der Waals surface area contributed by atoms with E-state index in [9.17, 15) is 4.79 Å². The molecule has 0 fully saturated rings. The Balaban J connectivity index is 1.71. The minimum absolute atomic E-state index is 0.129. The zero-order valence-electron chi connectivity index (χ0n) is 12.5. The van der Waals surface area contributed by atoms with Crippen molar-refractivity contribution >= 4 is 5.78 Å². The van der Waals surface area contributed by atoms with E-state index < -0.39 is 0 Å². The number of aromatic nitrogens is 1. The van der Waals surface area contributed by atoms with Crippen molar-refractivity contribution in [2.75, 3.05) is 0 Å². The van der Waals surface area contributed by atoms with Crippen LogP contribution in [0, 0.1) is 6.92 Å². The summed E-state index contributed by atoms with van der Waals surface area (Å²) in [5.74, 6) is 1.52. The van der Waals surface area contributed by atoms with E-state index in [4.69, 9.17) is 4.42 Å². The first kappa shape index (κ1) is 14.3. The predicted molar refractivity (Wildman–Crippen MR) is 85.8 cm³/mol. The molecule has 0 atom stereocenters. The van der Waals surface area contributed by atoms with Crippen LogP contribution < -0.4 is 0 Å². The van der Waals surface area contributed by atoms with Gasteiger partial charge in [-0.05, 0) is 19.1 Å². The number of carbonyl (C=O) groups excluding carboxylic acids is 1. The maximum absolute atomic E-state index is 12.1. The fraction of sp³-hybridized carbons (Fsp3) is 0.158. The lowest BCUT2D eigenvalue weighted by molar-refractivity contribution is 0.0982. The van der Waals surface area contributed by atoms with Gasteiger partial charge in [-0.25, -0.2) is 4.98 Å². The Labute approximate surface area is 129 Å². The average Bonchev–Trinajstić information content (AvgIpc) is 2.95. The van der Waals surface area contributed by atoms with Gasteiger partial charge in [0.2, 0.25) is 5.89 Å². The lowest BCUT2D eigenvalue weighted by Crippen LogP contribution is -2.01. The predicted octanol–water partition coefficient (Wildman–Crippen LogP) is 4.47. The van der Waals surface area contributed by atoms with Crippen LogP contribution in [0.4, 0.5) is 0 Å². The van der Waals surface area contributed by atoms with Crippen molar-refractivity contribution in [3.63, 3.8) is 0 Å². The van der Waals surface area contributed by atoms with Crippen LogP contribution in [0.15, 0.2) is 65.1 Å². The van der Waals surface area contributed by atoms with Gasteiger partial charge >= 0.3 is 0 Å². The molecule has 3 heteroatoms. The second-order valence-electron chi connectivity index (χ2n) is 5.18. The number of aryl methyl sites for hydroxylation is 2. The monoisotopic (exact) mass is 291 g/mol. The van der Waals surface area contributed by atoms with E-state index in [1.807, 2.05) is 67.6 Å². The highest BCUT2D eigenvalue weighted by atomic mass is 16.4. The smallest absolute Gasteiger partial charge is 0.226 e. The molecule has 1 aromatic heterocycles. The molecule has 0 aliphatic carbocycles. The van der Waals surface area contributed by atoms with E-state index in [2.05, 4.69) is 4.98 Å². The number of ketones is 1. The zero-order valence-corrected chi connectivity index (χ0v) is 12.5. The van der Waals surface area contributed by atoms with Crippen molar-refractivity contribution in [1.82, 2.24) is 4.98 Å². The Kier molecular flexibility index (Phi) is 4.15. The largest absolute Gasteiger partial charge is 0.441 e. The standard InChI is InChI=1S/C19H17NO2/c1-14-17(12-13-18(21)15-8-4-2-5-9-15)20-19(22-14)16-10-6-3-7-11-16/h2-11H,12-13H2,1H3. The molecule has 110 valence electrons. The average molecular weight is 291 g/mol. The third kappa shape index (κ3) is 3.14. The van der Waals surface area contributed by atoms with E-state index in [1.165, 1.54) is 0 Å². The van der Waals surface area contributed by atoms with Crippen molar-refractivity contribution in [3.8, 4) is 11.5 Å². The number of Topliss-reactive ketones (excluding diaryl/α,β-unsaturated/α-hetero) is 1. The number of carbonyl (C=O) groups is 1. The fourth-order valence-electron chi connectivity index (χ4n) is 2.36. The summed E-state index contributed by atoms with van der Waals surface area (Å²) in [6.45, 7) is 1.89. The maximum atomic E-state index is 12.1. The second-order valence-corrected chi connectivity index (χ2v) is 5.18. The molecule has 0 saturated heterocycles. The van der Waals surface area contributed by atoms with E-state index >= 15 is 0 Å². The SMILES string of the molecule is Cc1oc(-c2ccccc2)nc1CCC(=O)c1ccccc1. The van der Waals surface area contributed by atoms with Crippen LogP contribution in [0.2, 0.25) is 0 Å². The molecular formula is C19H17NO2. The lowest BCUT2D eigenvalue weighted by atomic mass is 10.1. The van der Waals surface area contributed by atoms with Crippen LogP contribution in [0.1, 0.15) is 28.2 Å². The van der Waals surface area contributed by atoms with Crippen molar-refractivity contribution in [1.29, 1.82) is 0 Å². The summed E-state index contributed by atoms with van der Waals surface area (Å²) < 4.78 is 5.72. The summed E-state index contributed by atoms with van der Waals surface area (Å²) in [7, 11) is 0. The summed E-state index contributed by atoms with van der Waals surface area (Å²) in [5, 5.41) is 0. The van der Waals surface area contributed by atoms with Gasteiger partial charge in [0.25, 0.3) is 0 Å². The normalized spacial score (nSPS) is 10.6. The highest BCUT2D eigenvalue weighted by molar-refractivity contribution is 5.96. The van der Waals surface area contributed by atoms with Crippen LogP contribution in [0.5, 0.6) is 0 Å². The lowest BCUT2D eigenvalue weighted by Gasteiger charge is -1.99. The van der Waals surface area contributed by atoms with Crippen LogP contribution in [0.25, 0.3) is 11.5 Å². The molecule has 0 aliphatic rings. The van der Waals surface area contributed by atoms with Crippen LogP contribution in [-0.2, 0) is 6.42 Å². The van der Waals surface area contributed by atoms with Crippen molar-refractivity contribution < 1.29 is 9.21 Å². The van der Waals surface area contributed by atoms with Gasteiger partial charge in [-0.2, -0.15) is 0 Å². The van der Waals surface area contributed by atoms with Crippen molar-refractivity contribution in [2.45, 2.75) is 19.8 Å². The summed E-state index contributed by atoms with van der Waals surface area (Å²) in [4.78, 5) is 16.7. The van der Waals surface area contributed by atoms with Gasteiger partial charge in [0.05, 0.1) is 5.69 Å².